The number of nitrogens with one attached hydrogen (secondary N) is 2. The van der Waals surface area contributed by atoms with Gasteiger partial charge < -0.3 is 15.7 Å². The lowest BCUT2D eigenvalue weighted by Gasteiger charge is -2.30. The third kappa shape index (κ3) is 5.27. The SMILES string of the molecule is O=C(CN1CCC(C(=O)Nc2ccccc2O)CC1)Nc1cccc(F)c1. The molecular formula is C20H22FN3O3. The van der Waals surface area contributed by atoms with Crippen LogP contribution in [0.15, 0.2) is 48.5 Å². The maximum atomic E-state index is 13.2. The Kier molecular flexibility index (Phi) is 6.03. The van der Waals surface area contributed by atoms with Crippen LogP contribution >= 0.6 is 0 Å². The molecule has 6 nitrogen and oxygen atoms in total. The fourth-order valence-electron chi connectivity index (χ4n) is 3.14. The molecule has 2 aromatic rings. The van der Waals surface area contributed by atoms with Gasteiger partial charge in [0.25, 0.3) is 0 Å². The number of benzene rings is 2. The largest absolute Gasteiger partial charge is 0.506 e. The Balaban J connectivity index is 1.45. The second-order valence-electron chi connectivity index (χ2n) is 6.62. The fraction of sp³-hybridized carbons (Fsp3) is 0.300. The Labute approximate surface area is 157 Å². The van der Waals surface area contributed by atoms with Gasteiger partial charge in [0.2, 0.25) is 11.8 Å². The van der Waals surface area contributed by atoms with Gasteiger partial charge >= 0.3 is 0 Å². The molecule has 142 valence electrons. The monoisotopic (exact) mass is 371 g/mol. The zero-order valence-corrected chi connectivity index (χ0v) is 14.8. The first-order valence-corrected chi connectivity index (χ1v) is 8.88. The molecule has 2 aromatic carbocycles. The van der Waals surface area contributed by atoms with Crippen molar-refractivity contribution in [3.8, 4) is 5.75 Å². The van der Waals surface area contributed by atoms with Gasteiger partial charge in [-0.15, -0.1) is 0 Å². The Bertz CT molecular complexity index is 820. The van der Waals surface area contributed by atoms with E-state index in [0.717, 1.165) is 0 Å². The van der Waals surface area contributed by atoms with Gasteiger partial charge in [-0.1, -0.05) is 18.2 Å². The van der Waals surface area contributed by atoms with E-state index in [2.05, 4.69) is 10.6 Å². The molecule has 1 saturated heterocycles. The lowest BCUT2D eigenvalue weighted by molar-refractivity contribution is -0.121. The first-order chi connectivity index (χ1) is 13.0. The Hall–Kier alpha value is -2.93. The molecule has 1 aliphatic heterocycles. The third-order valence-electron chi connectivity index (χ3n) is 4.60. The number of phenols is 1. The van der Waals surface area contributed by atoms with E-state index in [-0.39, 0.29) is 30.0 Å². The number of hydrogen-bond acceptors (Lipinski definition) is 4. The number of hydrogen-bond donors (Lipinski definition) is 3. The number of piperidine rings is 1. The molecular weight excluding hydrogens is 349 g/mol. The van der Waals surface area contributed by atoms with Crippen LogP contribution in [-0.4, -0.2) is 41.5 Å². The van der Waals surface area contributed by atoms with Crippen molar-refractivity contribution in [3.63, 3.8) is 0 Å². The number of halogens is 1. The average molecular weight is 371 g/mol. The number of rotatable bonds is 5. The Morgan fingerprint density at radius 3 is 2.52 bits per heavy atom. The molecule has 0 radical (unpaired) electrons. The van der Waals surface area contributed by atoms with Crippen molar-refractivity contribution in [2.24, 2.45) is 5.92 Å². The predicted octanol–water partition coefficient (Wildman–Crippen LogP) is 2.82. The van der Waals surface area contributed by atoms with Gasteiger partial charge in [-0.3, -0.25) is 14.5 Å². The van der Waals surface area contributed by atoms with Crippen LogP contribution in [0.4, 0.5) is 15.8 Å². The van der Waals surface area contributed by atoms with E-state index in [9.17, 15) is 19.1 Å². The highest BCUT2D eigenvalue weighted by Gasteiger charge is 2.26. The summed E-state index contributed by atoms with van der Waals surface area (Å²) in [7, 11) is 0. The maximum absolute atomic E-state index is 13.2. The molecule has 0 aromatic heterocycles. The van der Waals surface area contributed by atoms with E-state index in [1.807, 2.05) is 4.90 Å². The smallest absolute Gasteiger partial charge is 0.238 e. The van der Waals surface area contributed by atoms with E-state index in [4.69, 9.17) is 0 Å². The normalized spacial score (nSPS) is 15.3. The number of phenolic OH excluding ortho intramolecular Hbond substituents is 1. The summed E-state index contributed by atoms with van der Waals surface area (Å²) in [4.78, 5) is 26.4. The van der Waals surface area contributed by atoms with E-state index < -0.39 is 5.82 Å². The quantitative estimate of drug-likeness (QED) is 0.706. The highest BCUT2D eigenvalue weighted by atomic mass is 19.1. The zero-order chi connectivity index (χ0) is 19.2. The van der Waals surface area contributed by atoms with Crippen molar-refractivity contribution in [3.05, 3.63) is 54.3 Å². The number of likely N-dealkylation sites (tertiary alicyclic amines) is 1. The van der Waals surface area contributed by atoms with E-state index in [1.165, 1.54) is 18.2 Å². The van der Waals surface area contributed by atoms with E-state index in [1.54, 1.807) is 30.3 Å². The minimum absolute atomic E-state index is 0.0392. The average Bonchev–Trinajstić information content (AvgIpc) is 2.64. The molecule has 2 amide bonds. The number of aromatic hydroxyl groups is 1. The van der Waals surface area contributed by atoms with Gasteiger partial charge in [0, 0.05) is 11.6 Å². The van der Waals surface area contributed by atoms with Gasteiger partial charge in [-0.2, -0.15) is 0 Å². The van der Waals surface area contributed by atoms with Crippen molar-refractivity contribution in [1.29, 1.82) is 0 Å². The van der Waals surface area contributed by atoms with Crippen LogP contribution in [-0.2, 0) is 9.59 Å². The maximum Gasteiger partial charge on any atom is 0.238 e. The van der Waals surface area contributed by atoms with Crippen molar-refractivity contribution >= 4 is 23.2 Å². The highest BCUT2D eigenvalue weighted by Crippen LogP contribution is 2.24. The summed E-state index contributed by atoms with van der Waals surface area (Å²) in [6.45, 7) is 1.44. The van der Waals surface area contributed by atoms with Crippen LogP contribution in [0.2, 0.25) is 0 Å². The van der Waals surface area contributed by atoms with Crippen LogP contribution < -0.4 is 10.6 Å². The molecule has 0 aliphatic carbocycles. The van der Waals surface area contributed by atoms with Crippen molar-refractivity contribution in [2.75, 3.05) is 30.3 Å². The zero-order valence-electron chi connectivity index (χ0n) is 14.8. The van der Waals surface area contributed by atoms with E-state index >= 15 is 0 Å². The van der Waals surface area contributed by atoms with Gasteiger partial charge in [0.1, 0.15) is 11.6 Å². The van der Waals surface area contributed by atoms with Crippen molar-refractivity contribution in [1.82, 2.24) is 4.90 Å². The minimum atomic E-state index is -0.399. The second-order valence-corrected chi connectivity index (χ2v) is 6.62. The second kappa shape index (κ2) is 8.64. The Morgan fingerprint density at radius 1 is 1.07 bits per heavy atom. The van der Waals surface area contributed by atoms with Crippen molar-refractivity contribution in [2.45, 2.75) is 12.8 Å². The standard InChI is InChI=1S/C20H22FN3O3/c21-15-4-3-5-16(12-15)22-19(26)13-24-10-8-14(9-11-24)20(27)23-17-6-1-2-7-18(17)25/h1-7,12,14,25H,8-11,13H2,(H,22,26)(H,23,27). The number of para-hydroxylation sites is 2. The van der Waals surface area contributed by atoms with Gasteiger partial charge in [0.05, 0.1) is 12.2 Å². The molecule has 1 heterocycles. The number of anilines is 2. The predicted molar refractivity (Wildman–Crippen MR) is 101 cm³/mol. The van der Waals surface area contributed by atoms with Crippen LogP contribution in [0.3, 0.4) is 0 Å². The molecule has 1 fully saturated rings. The van der Waals surface area contributed by atoms with E-state index in [0.29, 0.717) is 37.3 Å². The molecule has 0 unspecified atom stereocenters. The van der Waals surface area contributed by atoms with Gasteiger partial charge in [0.15, 0.2) is 0 Å². The summed E-state index contributed by atoms with van der Waals surface area (Å²) in [6, 6.07) is 12.4. The molecule has 7 heteroatoms. The lowest BCUT2D eigenvalue weighted by Crippen LogP contribution is -2.41. The van der Waals surface area contributed by atoms with Crippen molar-refractivity contribution < 1.29 is 19.1 Å². The molecule has 0 bridgehead atoms. The number of nitrogens with zero attached hydrogens (tertiary/aromatic N) is 1. The van der Waals surface area contributed by atoms with Crippen LogP contribution in [0.1, 0.15) is 12.8 Å². The highest BCUT2D eigenvalue weighted by molar-refractivity contribution is 5.94. The van der Waals surface area contributed by atoms with Gasteiger partial charge in [-0.05, 0) is 56.3 Å². The van der Waals surface area contributed by atoms with Crippen LogP contribution in [0, 0.1) is 11.7 Å². The first kappa shape index (κ1) is 18.8. The molecule has 3 rings (SSSR count). The van der Waals surface area contributed by atoms with Crippen LogP contribution in [0.25, 0.3) is 0 Å². The molecule has 0 saturated carbocycles. The summed E-state index contributed by atoms with van der Waals surface area (Å²) in [5, 5.41) is 15.2. The topological polar surface area (TPSA) is 81.7 Å². The third-order valence-corrected chi connectivity index (χ3v) is 4.60. The minimum Gasteiger partial charge on any atom is -0.506 e. The summed E-state index contributed by atoms with van der Waals surface area (Å²) in [6.07, 6.45) is 1.26. The molecule has 0 atom stereocenters. The summed E-state index contributed by atoms with van der Waals surface area (Å²) in [5.74, 6) is -0.855. The number of carbonyl (C=O) groups is 2. The lowest BCUT2D eigenvalue weighted by atomic mass is 9.95. The molecule has 27 heavy (non-hydrogen) atoms. The molecule has 1 aliphatic rings. The molecule has 0 spiro atoms. The summed E-state index contributed by atoms with van der Waals surface area (Å²) in [5.41, 5.74) is 0.830. The van der Waals surface area contributed by atoms with Gasteiger partial charge in [-0.25, -0.2) is 4.39 Å². The fourth-order valence-corrected chi connectivity index (χ4v) is 3.14. The number of amides is 2. The number of carbonyl (C=O) groups excluding carboxylic acids is 2. The summed E-state index contributed by atoms with van der Waals surface area (Å²) < 4.78 is 13.2. The molecule has 3 N–H and O–H groups in total. The Morgan fingerprint density at radius 2 is 1.81 bits per heavy atom. The first-order valence-electron chi connectivity index (χ1n) is 8.88. The van der Waals surface area contributed by atoms with Crippen LogP contribution in [0.5, 0.6) is 5.75 Å². The summed E-state index contributed by atoms with van der Waals surface area (Å²) >= 11 is 0.